The predicted molar refractivity (Wildman–Crippen MR) is 87.0 cm³/mol. The van der Waals surface area contributed by atoms with Gasteiger partial charge in [0.05, 0.1) is 17.9 Å². The van der Waals surface area contributed by atoms with Crippen molar-refractivity contribution >= 4 is 5.91 Å². The van der Waals surface area contributed by atoms with Gasteiger partial charge in [-0.3, -0.25) is 9.48 Å². The Morgan fingerprint density at radius 2 is 2.09 bits per heavy atom. The van der Waals surface area contributed by atoms with Crippen molar-refractivity contribution in [3.8, 4) is 0 Å². The molecule has 0 aromatic carbocycles. The highest BCUT2D eigenvalue weighted by atomic mass is 16.2. The van der Waals surface area contributed by atoms with E-state index in [9.17, 15) is 4.79 Å². The summed E-state index contributed by atoms with van der Waals surface area (Å²) in [6.07, 6.45) is 2.66. The Kier molecular flexibility index (Phi) is 4.15. The van der Waals surface area contributed by atoms with Gasteiger partial charge in [-0.15, -0.1) is 0 Å². The summed E-state index contributed by atoms with van der Waals surface area (Å²) < 4.78 is 1.80. The fourth-order valence-electron chi connectivity index (χ4n) is 2.80. The number of carbonyl (C=O) groups excluding carboxylic acids is 1. The number of hydrogen-bond acceptors (Lipinski definition) is 4. The van der Waals surface area contributed by atoms with Crippen molar-refractivity contribution < 1.29 is 4.79 Å². The van der Waals surface area contributed by atoms with Gasteiger partial charge in [-0.05, 0) is 18.9 Å². The summed E-state index contributed by atoms with van der Waals surface area (Å²) >= 11 is 0. The number of aryl methyl sites for hydroxylation is 2. The van der Waals surface area contributed by atoms with Crippen LogP contribution in [0.1, 0.15) is 66.9 Å². The highest BCUT2D eigenvalue weighted by Crippen LogP contribution is 2.24. The lowest BCUT2D eigenvalue weighted by Crippen LogP contribution is -2.27. The van der Waals surface area contributed by atoms with Crippen molar-refractivity contribution in [2.45, 2.75) is 59.7 Å². The smallest absolute Gasteiger partial charge is 0.272 e. The molecule has 1 aliphatic rings. The summed E-state index contributed by atoms with van der Waals surface area (Å²) in [4.78, 5) is 23.6. The average molecular weight is 313 g/mol. The van der Waals surface area contributed by atoms with E-state index >= 15 is 0 Å². The van der Waals surface area contributed by atoms with Gasteiger partial charge in [-0.1, -0.05) is 20.8 Å². The van der Waals surface area contributed by atoms with Crippen molar-refractivity contribution in [1.82, 2.24) is 24.6 Å². The highest BCUT2D eigenvalue weighted by Gasteiger charge is 2.28. The van der Waals surface area contributed by atoms with E-state index in [1.807, 2.05) is 31.0 Å². The van der Waals surface area contributed by atoms with Crippen LogP contribution in [-0.4, -0.2) is 30.6 Å². The lowest BCUT2D eigenvalue weighted by Gasteiger charge is -2.15. The second kappa shape index (κ2) is 6.10. The lowest BCUT2D eigenvalue weighted by molar-refractivity contribution is 0.0738. The summed E-state index contributed by atoms with van der Waals surface area (Å²) in [7, 11) is 0. The number of hydrogen-bond donors (Lipinski definition) is 0. The van der Waals surface area contributed by atoms with Gasteiger partial charge in [0.1, 0.15) is 11.5 Å². The molecule has 0 spiro atoms. The summed E-state index contributed by atoms with van der Waals surface area (Å²) in [5.74, 6) is 1.16. The molecule has 3 heterocycles. The van der Waals surface area contributed by atoms with Gasteiger partial charge in [-0.2, -0.15) is 5.10 Å². The third-order valence-corrected chi connectivity index (χ3v) is 4.22. The van der Waals surface area contributed by atoms with Crippen molar-refractivity contribution in [2.75, 3.05) is 0 Å². The molecule has 2 aromatic rings. The largest absolute Gasteiger partial charge is 0.327 e. The number of fused-ring (bicyclic) bond motifs is 1. The summed E-state index contributed by atoms with van der Waals surface area (Å²) in [5.41, 5.74) is 3.63. The molecular formula is C17H23N5O. The highest BCUT2D eigenvalue weighted by molar-refractivity contribution is 5.93. The van der Waals surface area contributed by atoms with Crippen LogP contribution in [0.25, 0.3) is 0 Å². The molecule has 2 aromatic heterocycles. The van der Waals surface area contributed by atoms with E-state index in [0.29, 0.717) is 31.2 Å². The Morgan fingerprint density at radius 1 is 1.30 bits per heavy atom. The SMILES string of the molecule is CCc1ncc2c(n1)CN(C(=O)c1cc(C(C)C)nn1CC)C2. The van der Waals surface area contributed by atoms with Crippen molar-refractivity contribution in [2.24, 2.45) is 0 Å². The Morgan fingerprint density at radius 3 is 2.74 bits per heavy atom. The van der Waals surface area contributed by atoms with Crippen LogP contribution in [0, 0.1) is 0 Å². The molecule has 0 radical (unpaired) electrons. The lowest BCUT2D eigenvalue weighted by atomic mass is 10.1. The van der Waals surface area contributed by atoms with Crippen molar-refractivity contribution in [3.05, 3.63) is 40.7 Å². The summed E-state index contributed by atoms with van der Waals surface area (Å²) in [6.45, 7) is 10.0. The Labute approximate surface area is 136 Å². The van der Waals surface area contributed by atoms with Crippen molar-refractivity contribution in [3.63, 3.8) is 0 Å². The second-order valence-corrected chi connectivity index (χ2v) is 6.20. The van der Waals surface area contributed by atoms with Crippen LogP contribution in [0.3, 0.4) is 0 Å². The molecule has 0 saturated heterocycles. The molecule has 1 amide bonds. The van der Waals surface area contributed by atoms with E-state index in [-0.39, 0.29) is 5.91 Å². The van der Waals surface area contributed by atoms with Crippen LogP contribution in [0.5, 0.6) is 0 Å². The molecule has 6 heteroatoms. The fraction of sp³-hybridized carbons (Fsp3) is 0.529. The molecule has 23 heavy (non-hydrogen) atoms. The molecule has 0 bridgehead atoms. The number of aromatic nitrogens is 4. The zero-order valence-corrected chi connectivity index (χ0v) is 14.2. The molecule has 6 nitrogen and oxygen atoms in total. The summed E-state index contributed by atoms with van der Waals surface area (Å²) in [6, 6.07) is 1.92. The molecule has 0 atom stereocenters. The maximum absolute atomic E-state index is 12.9. The third kappa shape index (κ3) is 2.85. The van der Waals surface area contributed by atoms with Crippen LogP contribution in [-0.2, 0) is 26.1 Å². The second-order valence-electron chi connectivity index (χ2n) is 6.20. The van der Waals surface area contributed by atoms with E-state index in [1.165, 1.54) is 0 Å². The zero-order chi connectivity index (χ0) is 16.6. The summed E-state index contributed by atoms with van der Waals surface area (Å²) in [5, 5.41) is 4.54. The van der Waals surface area contributed by atoms with Crippen LogP contribution >= 0.6 is 0 Å². The maximum atomic E-state index is 12.9. The average Bonchev–Trinajstić information content (AvgIpc) is 3.17. The van der Waals surface area contributed by atoms with Gasteiger partial charge >= 0.3 is 0 Å². The van der Waals surface area contributed by atoms with E-state index in [2.05, 4.69) is 28.9 Å². The molecule has 122 valence electrons. The van der Waals surface area contributed by atoms with E-state index < -0.39 is 0 Å². The fourth-order valence-corrected chi connectivity index (χ4v) is 2.80. The van der Waals surface area contributed by atoms with Gasteiger partial charge < -0.3 is 4.90 Å². The van der Waals surface area contributed by atoms with Crippen LogP contribution in [0.4, 0.5) is 0 Å². The molecule has 0 N–H and O–H groups in total. The van der Waals surface area contributed by atoms with E-state index in [4.69, 9.17) is 0 Å². The zero-order valence-electron chi connectivity index (χ0n) is 14.2. The molecule has 0 fully saturated rings. The molecule has 1 aliphatic heterocycles. The van der Waals surface area contributed by atoms with Gasteiger partial charge in [0.15, 0.2) is 0 Å². The minimum absolute atomic E-state index is 0.0160. The molecule has 0 saturated carbocycles. The minimum Gasteiger partial charge on any atom is -0.327 e. The standard InChI is InChI=1S/C17H23N5O/c1-5-16-18-8-12-9-21(10-14(12)19-16)17(23)15-7-13(11(3)4)20-22(15)6-2/h7-8,11H,5-6,9-10H2,1-4H3. The number of nitrogens with zero attached hydrogens (tertiary/aromatic N) is 5. The monoisotopic (exact) mass is 313 g/mol. The van der Waals surface area contributed by atoms with Gasteiger partial charge in [0.25, 0.3) is 5.91 Å². The molecule has 3 rings (SSSR count). The normalized spacial score (nSPS) is 13.7. The molecule has 0 aliphatic carbocycles. The van der Waals surface area contributed by atoms with Gasteiger partial charge in [0.2, 0.25) is 0 Å². The number of carbonyl (C=O) groups is 1. The topological polar surface area (TPSA) is 63.9 Å². The number of rotatable bonds is 4. The Bertz CT molecular complexity index is 735. The minimum atomic E-state index is 0.0160. The van der Waals surface area contributed by atoms with Crippen molar-refractivity contribution in [1.29, 1.82) is 0 Å². The Balaban J connectivity index is 1.85. The predicted octanol–water partition coefficient (Wildman–Crippen LogP) is 2.53. The Hall–Kier alpha value is -2.24. The van der Waals surface area contributed by atoms with Gasteiger partial charge in [-0.25, -0.2) is 9.97 Å². The molecular weight excluding hydrogens is 290 g/mol. The molecule has 0 unspecified atom stereocenters. The van der Waals surface area contributed by atoms with Crippen LogP contribution in [0.2, 0.25) is 0 Å². The quantitative estimate of drug-likeness (QED) is 0.870. The first-order valence-electron chi connectivity index (χ1n) is 8.24. The van der Waals surface area contributed by atoms with Gasteiger partial charge in [0, 0.05) is 31.3 Å². The third-order valence-electron chi connectivity index (χ3n) is 4.22. The first kappa shape index (κ1) is 15.6. The number of amides is 1. The van der Waals surface area contributed by atoms with E-state index in [1.54, 1.807) is 4.68 Å². The maximum Gasteiger partial charge on any atom is 0.272 e. The first-order chi connectivity index (χ1) is 11.0. The first-order valence-corrected chi connectivity index (χ1v) is 8.24. The van der Waals surface area contributed by atoms with Crippen LogP contribution in [0.15, 0.2) is 12.3 Å². The van der Waals surface area contributed by atoms with Crippen LogP contribution < -0.4 is 0 Å². The van der Waals surface area contributed by atoms with E-state index in [0.717, 1.165) is 29.2 Å².